The van der Waals surface area contributed by atoms with Crippen molar-refractivity contribution in [1.29, 1.82) is 0 Å². The molecule has 21 heavy (non-hydrogen) atoms. The van der Waals surface area contributed by atoms with E-state index in [0.717, 1.165) is 12.1 Å². The Morgan fingerprint density at radius 3 is 2.43 bits per heavy atom. The summed E-state index contributed by atoms with van der Waals surface area (Å²) < 4.78 is 31.1. The van der Waals surface area contributed by atoms with Crippen LogP contribution in [0.1, 0.15) is 22.8 Å². The summed E-state index contributed by atoms with van der Waals surface area (Å²) >= 11 is 0. The predicted octanol–water partition coefficient (Wildman–Crippen LogP) is 4.26. The Hall–Kier alpha value is -2.49. The first-order chi connectivity index (χ1) is 10.1. The maximum atomic E-state index is 13.0. The Labute approximate surface area is 121 Å². The van der Waals surface area contributed by atoms with Gasteiger partial charge in [-0.15, -0.1) is 0 Å². The Morgan fingerprint density at radius 2 is 1.81 bits per heavy atom. The second kappa shape index (κ2) is 6.79. The van der Waals surface area contributed by atoms with Gasteiger partial charge in [0.2, 0.25) is 0 Å². The number of hydrogen-bond acceptors (Lipinski definition) is 2. The zero-order valence-electron chi connectivity index (χ0n) is 11.5. The molecule has 0 atom stereocenters. The number of carbonyl (C=O) groups excluding carboxylic acids is 1. The van der Waals surface area contributed by atoms with Crippen molar-refractivity contribution in [3.8, 4) is 5.75 Å². The summed E-state index contributed by atoms with van der Waals surface area (Å²) in [5, 5.41) is 0. The van der Waals surface area contributed by atoms with Gasteiger partial charge in [0, 0.05) is 5.56 Å². The molecule has 0 aliphatic rings. The maximum absolute atomic E-state index is 13.0. The highest BCUT2D eigenvalue weighted by atomic mass is 19.2. The lowest BCUT2D eigenvalue weighted by molar-refractivity contribution is 0.104. The summed E-state index contributed by atoms with van der Waals surface area (Å²) in [5.41, 5.74) is 0.922. The Kier molecular flexibility index (Phi) is 4.82. The number of ketones is 1. The van der Waals surface area contributed by atoms with Crippen LogP contribution < -0.4 is 4.74 Å². The van der Waals surface area contributed by atoms with E-state index >= 15 is 0 Å². The van der Waals surface area contributed by atoms with Crippen molar-refractivity contribution in [2.24, 2.45) is 0 Å². The molecule has 0 spiro atoms. The molecule has 2 nitrogen and oxygen atoms in total. The molecule has 2 aromatic carbocycles. The van der Waals surface area contributed by atoms with E-state index in [-0.39, 0.29) is 5.78 Å². The first-order valence-electron chi connectivity index (χ1n) is 6.50. The molecule has 2 rings (SSSR count). The van der Waals surface area contributed by atoms with E-state index in [1.165, 1.54) is 18.2 Å². The molecule has 4 heteroatoms. The SMILES string of the molecule is CCOc1ccc(C(=O)/C=C/c2ccc(F)c(F)c2)cc1. The Bertz CT molecular complexity index is 661. The summed E-state index contributed by atoms with van der Waals surface area (Å²) in [6.45, 7) is 2.44. The van der Waals surface area contributed by atoms with Crippen molar-refractivity contribution >= 4 is 11.9 Å². The van der Waals surface area contributed by atoms with Gasteiger partial charge in [0.15, 0.2) is 17.4 Å². The molecule has 0 radical (unpaired) electrons. The third-order valence-corrected chi connectivity index (χ3v) is 2.82. The van der Waals surface area contributed by atoms with Crippen molar-refractivity contribution in [2.75, 3.05) is 6.61 Å². The normalized spacial score (nSPS) is 10.8. The van der Waals surface area contributed by atoms with Crippen molar-refractivity contribution in [3.63, 3.8) is 0 Å². The third kappa shape index (κ3) is 3.99. The molecule has 0 heterocycles. The molecule has 108 valence electrons. The van der Waals surface area contributed by atoms with Crippen LogP contribution >= 0.6 is 0 Å². The van der Waals surface area contributed by atoms with Gasteiger partial charge in [-0.1, -0.05) is 12.1 Å². The summed E-state index contributed by atoms with van der Waals surface area (Å²) in [6.07, 6.45) is 2.77. The van der Waals surface area contributed by atoms with Crippen molar-refractivity contribution in [1.82, 2.24) is 0 Å². The third-order valence-electron chi connectivity index (χ3n) is 2.82. The molecule has 0 N–H and O–H groups in total. The number of carbonyl (C=O) groups is 1. The minimum Gasteiger partial charge on any atom is -0.494 e. The molecule has 0 fully saturated rings. The van der Waals surface area contributed by atoms with Crippen LogP contribution in [0.3, 0.4) is 0 Å². The van der Waals surface area contributed by atoms with Gasteiger partial charge in [-0.25, -0.2) is 8.78 Å². The van der Waals surface area contributed by atoms with Crippen LogP contribution in [0.25, 0.3) is 6.08 Å². The van der Waals surface area contributed by atoms with Gasteiger partial charge in [0.1, 0.15) is 5.75 Å². The van der Waals surface area contributed by atoms with E-state index in [2.05, 4.69) is 0 Å². The Morgan fingerprint density at radius 1 is 1.10 bits per heavy atom. The Balaban J connectivity index is 2.09. The number of allylic oxidation sites excluding steroid dienone is 1. The van der Waals surface area contributed by atoms with E-state index < -0.39 is 11.6 Å². The highest BCUT2D eigenvalue weighted by molar-refractivity contribution is 6.06. The minimum absolute atomic E-state index is 0.220. The van der Waals surface area contributed by atoms with Crippen LogP contribution in [0.15, 0.2) is 48.5 Å². The van der Waals surface area contributed by atoms with E-state index in [1.54, 1.807) is 24.3 Å². The van der Waals surface area contributed by atoms with Crippen LogP contribution in [0, 0.1) is 11.6 Å². The van der Waals surface area contributed by atoms with Crippen LogP contribution in [0.5, 0.6) is 5.75 Å². The van der Waals surface area contributed by atoms with Crippen LogP contribution in [0.4, 0.5) is 8.78 Å². The van der Waals surface area contributed by atoms with Gasteiger partial charge >= 0.3 is 0 Å². The van der Waals surface area contributed by atoms with Gasteiger partial charge in [0.25, 0.3) is 0 Å². The molecule has 0 saturated carbocycles. The summed E-state index contributed by atoms with van der Waals surface area (Å²) in [7, 11) is 0. The average molecular weight is 288 g/mol. The highest BCUT2D eigenvalue weighted by Crippen LogP contribution is 2.14. The lowest BCUT2D eigenvalue weighted by atomic mass is 10.1. The topological polar surface area (TPSA) is 26.3 Å². The first kappa shape index (κ1) is 14.9. The molecule has 2 aromatic rings. The fourth-order valence-electron chi connectivity index (χ4n) is 1.77. The van der Waals surface area contributed by atoms with E-state index in [1.807, 2.05) is 6.92 Å². The maximum Gasteiger partial charge on any atom is 0.185 e. The van der Waals surface area contributed by atoms with Crippen LogP contribution in [0.2, 0.25) is 0 Å². The molecule has 0 amide bonds. The predicted molar refractivity (Wildman–Crippen MR) is 77.3 cm³/mol. The van der Waals surface area contributed by atoms with Gasteiger partial charge in [-0.3, -0.25) is 4.79 Å². The highest BCUT2D eigenvalue weighted by Gasteiger charge is 2.03. The quantitative estimate of drug-likeness (QED) is 0.607. The molecule has 0 saturated heterocycles. The monoisotopic (exact) mass is 288 g/mol. The lowest BCUT2D eigenvalue weighted by Gasteiger charge is -2.02. The van der Waals surface area contributed by atoms with Crippen LogP contribution in [-0.2, 0) is 0 Å². The summed E-state index contributed by atoms with van der Waals surface area (Å²) in [4.78, 5) is 11.9. The average Bonchev–Trinajstić information content (AvgIpc) is 2.49. The van der Waals surface area contributed by atoms with Crippen molar-refractivity contribution < 1.29 is 18.3 Å². The molecule has 0 unspecified atom stereocenters. The summed E-state index contributed by atoms with van der Waals surface area (Å²) in [5.74, 6) is -1.38. The zero-order valence-corrected chi connectivity index (χ0v) is 11.5. The second-order valence-corrected chi connectivity index (χ2v) is 4.33. The standard InChI is InChI=1S/C17H14F2O2/c1-2-21-14-7-5-13(6-8-14)17(20)10-4-12-3-9-15(18)16(19)11-12/h3-11H,2H2,1H3/b10-4+. The summed E-state index contributed by atoms with van der Waals surface area (Å²) in [6, 6.07) is 10.2. The first-order valence-corrected chi connectivity index (χ1v) is 6.50. The molecular formula is C17H14F2O2. The van der Waals surface area contributed by atoms with E-state index in [9.17, 15) is 13.6 Å². The molecule has 0 aromatic heterocycles. The number of ether oxygens (including phenoxy) is 1. The fourth-order valence-corrected chi connectivity index (χ4v) is 1.77. The van der Waals surface area contributed by atoms with E-state index in [4.69, 9.17) is 4.74 Å². The lowest BCUT2D eigenvalue weighted by Crippen LogP contribution is -1.96. The molecular weight excluding hydrogens is 274 g/mol. The molecule has 0 aliphatic heterocycles. The minimum atomic E-state index is -0.939. The van der Waals surface area contributed by atoms with Crippen molar-refractivity contribution in [2.45, 2.75) is 6.92 Å². The van der Waals surface area contributed by atoms with Gasteiger partial charge < -0.3 is 4.74 Å². The number of benzene rings is 2. The largest absolute Gasteiger partial charge is 0.494 e. The van der Waals surface area contributed by atoms with Crippen LogP contribution in [-0.4, -0.2) is 12.4 Å². The van der Waals surface area contributed by atoms with Crippen molar-refractivity contribution in [3.05, 3.63) is 71.3 Å². The molecule has 0 aliphatic carbocycles. The zero-order chi connectivity index (χ0) is 15.2. The fraction of sp³-hybridized carbons (Fsp3) is 0.118. The number of hydrogen-bond donors (Lipinski definition) is 0. The van der Waals surface area contributed by atoms with E-state index in [0.29, 0.717) is 23.5 Å². The number of halogens is 2. The van der Waals surface area contributed by atoms with Gasteiger partial charge in [0.05, 0.1) is 6.61 Å². The van der Waals surface area contributed by atoms with Gasteiger partial charge in [-0.2, -0.15) is 0 Å². The molecule has 0 bridgehead atoms. The van der Waals surface area contributed by atoms with Gasteiger partial charge in [-0.05, 0) is 55.0 Å². The number of rotatable bonds is 5. The second-order valence-electron chi connectivity index (χ2n) is 4.33. The smallest absolute Gasteiger partial charge is 0.185 e.